The minimum atomic E-state index is 0.0132. The smallest absolute Gasteiger partial charge is 0.308 e. The number of carbonyl (C=O) groups is 1. The minimum absolute atomic E-state index is 0.0132. The zero-order valence-electron chi connectivity index (χ0n) is 11.8. The van der Waals surface area contributed by atoms with Gasteiger partial charge in [-0.3, -0.25) is 4.79 Å². The van der Waals surface area contributed by atoms with Crippen molar-refractivity contribution in [1.82, 2.24) is 5.32 Å². The van der Waals surface area contributed by atoms with Crippen molar-refractivity contribution in [2.75, 3.05) is 13.2 Å². The maximum absolute atomic E-state index is 11.8. The van der Waals surface area contributed by atoms with Crippen LogP contribution in [0.3, 0.4) is 0 Å². The van der Waals surface area contributed by atoms with E-state index in [2.05, 4.69) is 12.2 Å². The van der Waals surface area contributed by atoms with Gasteiger partial charge in [0.2, 0.25) is 0 Å². The molecule has 0 saturated heterocycles. The molecule has 0 spiro atoms. The summed E-state index contributed by atoms with van der Waals surface area (Å²) in [5, 5.41) is 3.66. The van der Waals surface area contributed by atoms with Gasteiger partial charge in [0.15, 0.2) is 0 Å². The highest BCUT2D eigenvalue weighted by Gasteiger charge is 2.30. The van der Waals surface area contributed by atoms with Gasteiger partial charge in [-0.25, -0.2) is 0 Å². The molecule has 0 bridgehead atoms. The van der Waals surface area contributed by atoms with E-state index in [0.29, 0.717) is 12.6 Å². The first-order valence-electron chi connectivity index (χ1n) is 7.60. The Morgan fingerprint density at radius 3 is 2.78 bits per heavy atom. The molecular weight excluding hydrogens is 226 g/mol. The number of hydrogen-bond acceptors (Lipinski definition) is 3. The quantitative estimate of drug-likeness (QED) is 0.740. The van der Waals surface area contributed by atoms with Crippen LogP contribution in [0.2, 0.25) is 0 Å². The van der Waals surface area contributed by atoms with Crippen molar-refractivity contribution in [3.05, 3.63) is 0 Å². The van der Waals surface area contributed by atoms with Crippen LogP contribution in [0.25, 0.3) is 0 Å². The molecule has 3 unspecified atom stereocenters. The van der Waals surface area contributed by atoms with Crippen LogP contribution in [0, 0.1) is 17.8 Å². The lowest BCUT2D eigenvalue weighted by Gasteiger charge is -2.29. The van der Waals surface area contributed by atoms with E-state index >= 15 is 0 Å². The zero-order chi connectivity index (χ0) is 13.0. The fourth-order valence-corrected chi connectivity index (χ4v) is 3.03. The third-order valence-electron chi connectivity index (χ3n) is 4.45. The molecule has 18 heavy (non-hydrogen) atoms. The molecule has 0 radical (unpaired) electrons. The van der Waals surface area contributed by atoms with Crippen molar-refractivity contribution < 1.29 is 9.53 Å². The van der Waals surface area contributed by atoms with Crippen LogP contribution in [-0.2, 0) is 9.53 Å². The molecule has 3 atom stereocenters. The summed E-state index contributed by atoms with van der Waals surface area (Å²) < 4.78 is 5.14. The van der Waals surface area contributed by atoms with Crippen LogP contribution in [0.4, 0.5) is 0 Å². The van der Waals surface area contributed by atoms with Crippen LogP contribution < -0.4 is 5.32 Å². The van der Waals surface area contributed by atoms with E-state index in [1.165, 1.54) is 19.3 Å². The van der Waals surface area contributed by atoms with Crippen LogP contribution in [0.1, 0.15) is 52.4 Å². The number of rotatable bonds is 6. The molecule has 0 aromatic heterocycles. The van der Waals surface area contributed by atoms with E-state index in [4.69, 9.17) is 4.74 Å². The molecule has 3 heteroatoms. The largest absolute Gasteiger partial charge is 0.466 e. The normalized spacial score (nSPS) is 29.9. The van der Waals surface area contributed by atoms with Crippen molar-refractivity contribution in [2.45, 2.75) is 58.4 Å². The lowest BCUT2D eigenvalue weighted by atomic mass is 9.85. The van der Waals surface area contributed by atoms with Crippen molar-refractivity contribution >= 4 is 5.97 Å². The molecule has 1 N–H and O–H groups in total. The Kier molecular flexibility index (Phi) is 5.04. The summed E-state index contributed by atoms with van der Waals surface area (Å²) in [6.07, 6.45) is 7.18. The fraction of sp³-hybridized carbons (Fsp3) is 0.933. The van der Waals surface area contributed by atoms with E-state index in [-0.39, 0.29) is 11.9 Å². The van der Waals surface area contributed by atoms with Crippen molar-refractivity contribution in [2.24, 2.45) is 17.8 Å². The zero-order valence-corrected chi connectivity index (χ0v) is 11.8. The Balaban J connectivity index is 1.70. The van der Waals surface area contributed by atoms with Crippen molar-refractivity contribution in [3.8, 4) is 0 Å². The number of nitrogens with one attached hydrogen (secondary N) is 1. The summed E-state index contributed by atoms with van der Waals surface area (Å²) >= 11 is 0. The Labute approximate surface area is 111 Å². The van der Waals surface area contributed by atoms with Crippen molar-refractivity contribution in [3.63, 3.8) is 0 Å². The monoisotopic (exact) mass is 253 g/mol. The van der Waals surface area contributed by atoms with Gasteiger partial charge >= 0.3 is 5.97 Å². The van der Waals surface area contributed by atoms with Crippen LogP contribution in [-0.4, -0.2) is 25.2 Å². The first kappa shape index (κ1) is 13.9. The lowest BCUT2D eigenvalue weighted by molar-refractivity contribution is -0.149. The van der Waals surface area contributed by atoms with Gasteiger partial charge in [0.05, 0.1) is 12.5 Å². The number of esters is 1. The molecule has 0 amide bonds. The summed E-state index contributed by atoms with van der Waals surface area (Å²) in [6.45, 7) is 5.85. The van der Waals surface area contributed by atoms with Gasteiger partial charge in [-0.1, -0.05) is 13.3 Å². The van der Waals surface area contributed by atoms with Crippen LogP contribution in [0.15, 0.2) is 0 Å². The second-order valence-electron chi connectivity index (χ2n) is 6.04. The minimum Gasteiger partial charge on any atom is -0.466 e. The second kappa shape index (κ2) is 6.55. The molecular formula is C15H27NO2. The van der Waals surface area contributed by atoms with Crippen LogP contribution in [0.5, 0.6) is 0 Å². The van der Waals surface area contributed by atoms with E-state index in [1.807, 2.05) is 6.92 Å². The van der Waals surface area contributed by atoms with Gasteiger partial charge in [0, 0.05) is 6.04 Å². The third kappa shape index (κ3) is 3.98. The van der Waals surface area contributed by atoms with Gasteiger partial charge in [0.25, 0.3) is 0 Å². The summed E-state index contributed by atoms with van der Waals surface area (Å²) in [4.78, 5) is 11.8. The molecule has 2 fully saturated rings. The van der Waals surface area contributed by atoms with Crippen LogP contribution >= 0.6 is 0 Å². The Morgan fingerprint density at radius 2 is 2.11 bits per heavy atom. The first-order valence-corrected chi connectivity index (χ1v) is 7.60. The van der Waals surface area contributed by atoms with E-state index in [1.54, 1.807) is 0 Å². The average Bonchev–Trinajstić information content (AvgIpc) is 3.21. The molecule has 0 aromatic rings. The molecule has 2 rings (SSSR count). The predicted octanol–water partition coefficient (Wildman–Crippen LogP) is 2.74. The summed E-state index contributed by atoms with van der Waals surface area (Å²) in [5.74, 6) is 1.90. The van der Waals surface area contributed by atoms with E-state index in [9.17, 15) is 4.79 Å². The maximum atomic E-state index is 11.8. The third-order valence-corrected chi connectivity index (χ3v) is 4.45. The standard InChI is InChI=1S/C15H27NO2/c1-3-18-15(17)13-5-4-6-14(9-13)16-10-11(2)12-7-8-12/h11-14,16H,3-10H2,1-2H3. The summed E-state index contributed by atoms with van der Waals surface area (Å²) in [6, 6.07) is 0.523. The highest BCUT2D eigenvalue weighted by Crippen LogP contribution is 2.36. The molecule has 0 heterocycles. The Hall–Kier alpha value is -0.570. The SMILES string of the molecule is CCOC(=O)C1CCCC(NCC(C)C2CC2)C1. The highest BCUT2D eigenvalue weighted by molar-refractivity contribution is 5.72. The molecule has 0 aromatic carbocycles. The summed E-state index contributed by atoms with van der Waals surface area (Å²) in [7, 11) is 0. The van der Waals surface area contributed by atoms with Crippen molar-refractivity contribution in [1.29, 1.82) is 0 Å². The fourth-order valence-electron chi connectivity index (χ4n) is 3.03. The topological polar surface area (TPSA) is 38.3 Å². The highest BCUT2D eigenvalue weighted by atomic mass is 16.5. The molecule has 2 saturated carbocycles. The Morgan fingerprint density at radius 1 is 1.33 bits per heavy atom. The van der Waals surface area contributed by atoms with E-state index in [0.717, 1.165) is 37.6 Å². The van der Waals surface area contributed by atoms with E-state index < -0.39 is 0 Å². The average molecular weight is 253 g/mol. The number of carbonyl (C=O) groups excluding carboxylic acids is 1. The number of ether oxygens (including phenoxy) is 1. The molecule has 104 valence electrons. The Bertz CT molecular complexity index is 276. The van der Waals surface area contributed by atoms with Gasteiger partial charge in [-0.2, -0.15) is 0 Å². The molecule has 2 aliphatic rings. The maximum Gasteiger partial charge on any atom is 0.308 e. The first-order chi connectivity index (χ1) is 8.70. The molecule has 3 nitrogen and oxygen atoms in total. The predicted molar refractivity (Wildman–Crippen MR) is 72.3 cm³/mol. The lowest BCUT2D eigenvalue weighted by Crippen LogP contribution is -2.39. The number of hydrogen-bond donors (Lipinski definition) is 1. The second-order valence-corrected chi connectivity index (χ2v) is 6.04. The molecule has 2 aliphatic carbocycles. The van der Waals surface area contributed by atoms with Gasteiger partial charge in [0.1, 0.15) is 0 Å². The summed E-state index contributed by atoms with van der Waals surface area (Å²) in [5.41, 5.74) is 0. The van der Waals surface area contributed by atoms with Gasteiger partial charge in [-0.15, -0.1) is 0 Å². The van der Waals surface area contributed by atoms with Gasteiger partial charge < -0.3 is 10.1 Å². The molecule has 0 aliphatic heterocycles. The van der Waals surface area contributed by atoms with Gasteiger partial charge in [-0.05, 0) is 57.4 Å².